The number of benzene rings is 1. The molecule has 1 aromatic rings. The summed E-state index contributed by atoms with van der Waals surface area (Å²) in [6.45, 7) is 5.84. The van der Waals surface area contributed by atoms with Crippen molar-refractivity contribution >= 4 is 6.03 Å². The van der Waals surface area contributed by atoms with Gasteiger partial charge in [-0.1, -0.05) is 30.3 Å². The fourth-order valence-electron chi connectivity index (χ4n) is 3.22. The largest absolute Gasteiger partial charge is 0.393 e. The number of piperidine rings is 1. The first-order valence-corrected chi connectivity index (χ1v) is 8.99. The smallest absolute Gasteiger partial charge is 0.317 e. The minimum absolute atomic E-state index is 0.00561. The van der Waals surface area contributed by atoms with Crippen LogP contribution in [0.4, 0.5) is 4.79 Å². The Morgan fingerprint density at radius 1 is 1.42 bits per heavy atom. The van der Waals surface area contributed by atoms with Crippen molar-refractivity contribution < 1.29 is 9.90 Å². The average molecular weight is 333 g/mol. The highest BCUT2D eigenvalue weighted by Gasteiger charge is 2.26. The number of amides is 2. The molecule has 1 heterocycles. The van der Waals surface area contributed by atoms with Gasteiger partial charge in [-0.2, -0.15) is 0 Å². The Morgan fingerprint density at radius 3 is 2.88 bits per heavy atom. The predicted octanol–water partition coefficient (Wildman–Crippen LogP) is 2.31. The van der Waals surface area contributed by atoms with Gasteiger partial charge in [0.15, 0.2) is 0 Å². The number of carbonyl (C=O) groups excluding carboxylic acids is 1. The molecule has 2 atom stereocenters. The summed E-state index contributed by atoms with van der Waals surface area (Å²) in [5, 5.41) is 12.7. The highest BCUT2D eigenvalue weighted by molar-refractivity contribution is 5.74. The number of hydrogen-bond donors (Lipinski definition) is 2. The molecule has 1 aliphatic heterocycles. The molecule has 0 radical (unpaired) electrons. The van der Waals surface area contributed by atoms with E-state index in [9.17, 15) is 9.90 Å². The van der Waals surface area contributed by atoms with Crippen molar-refractivity contribution in [1.82, 2.24) is 15.1 Å². The zero-order chi connectivity index (χ0) is 17.4. The van der Waals surface area contributed by atoms with Crippen molar-refractivity contribution in [2.24, 2.45) is 5.92 Å². The Balaban J connectivity index is 1.62. The van der Waals surface area contributed by atoms with Crippen LogP contribution in [0.5, 0.6) is 0 Å². The van der Waals surface area contributed by atoms with E-state index in [0.29, 0.717) is 13.1 Å². The molecule has 5 nitrogen and oxygen atoms in total. The van der Waals surface area contributed by atoms with Gasteiger partial charge < -0.3 is 20.2 Å². The van der Waals surface area contributed by atoms with E-state index in [4.69, 9.17) is 0 Å². The minimum Gasteiger partial charge on any atom is -0.393 e. The standard InChI is InChI=1S/C19H31N3O2/c1-16(23)18-10-6-13-22(15-18)19(24)20-11-7-12-21(2)14-17-8-4-3-5-9-17/h3-5,8-9,16,18,23H,6-7,10-15H2,1-2H3,(H,20,24). The lowest BCUT2D eigenvalue weighted by atomic mass is 9.94. The number of carbonyl (C=O) groups is 1. The third-order valence-corrected chi connectivity index (χ3v) is 4.72. The van der Waals surface area contributed by atoms with E-state index >= 15 is 0 Å². The number of nitrogens with one attached hydrogen (secondary N) is 1. The fourth-order valence-corrected chi connectivity index (χ4v) is 3.22. The van der Waals surface area contributed by atoms with Crippen LogP contribution in [0.3, 0.4) is 0 Å². The van der Waals surface area contributed by atoms with Crippen LogP contribution < -0.4 is 5.32 Å². The molecule has 1 aliphatic rings. The van der Waals surface area contributed by atoms with Crippen LogP contribution in [0.25, 0.3) is 0 Å². The molecule has 0 spiro atoms. The predicted molar refractivity (Wildman–Crippen MR) is 96.8 cm³/mol. The van der Waals surface area contributed by atoms with E-state index in [0.717, 1.165) is 38.9 Å². The number of nitrogens with zero attached hydrogens (tertiary/aromatic N) is 2. The van der Waals surface area contributed by atoms with Crippen molar-refractivity contribution in [3.63, 3.8) is 0 Å². The molecule has 0 saturated carbocycles. The molecule has 1 fully saturated rings. The second-order valence-electron chi connectivity index (χ2n) is 6.90. The third-order valence-electron chi connectivity index (χ3n) is 4.72. The SMILES string of the molecule is CC(O)C1CCCN(C(=O)NCCCN(C)Cc2ccccc2)C1. The van der Waals surface area contributed by atoms with Crippen LogP contribution in [0.2, 0.25) is 0 Å². The minimum atomic E-state index is -0.341. The second kappa shape index (κ2) is 9.64. The van der Waals surface area contributed by atoms with Gasteiger partial charge in [0.25, 0.3) is 0 Å². The number of urea groups is 1. The van der Waals surface area contributed by atoms with Gasteiger partial charge in [0.2, 0.25) is 0 Å². The van der Waals surface area contributed by atoms with E-state index in [1.807, 2.05) is 17.9 Å². The van der Waals surface area contributed by atoms with Gasteiger partial charge in [-0.25, -0.2) is 4.79 Å². The third kappa shape index (κ3) is 6.13. The molecule has 24 heavy (non-hydrogen) atoms. The summed E-state index contributed by atoms with van der Waals surface area (Å²) < 4.78 is 0. The summed E-state index contributed by atoms with van der Waals surface area (Å²) in [7, 11) is 2.10. The van der Waals surface area contributed by atoms with Crippen molar-refractivity contribution in [3.8, 4) is 0 Å². The Bertz CT molecular complexity index is 493. The fraction of sp³-hybridized carbons (Fsp3) is 0.632. The Labute approximate surface area is 145 Å². The maximum Gasteiger partial charge on any atom is 0.317 e. The van der Waals surface area contributed by atoms with Gasteiger partial charge in [0.05, 0.1) is 6.10 Å². The quantitative estimate of drug-likeness (QED) is 0.753. The molecular formula is C19H31N3O2. The van der Waals surface area contributed by atoms with Crippen molar-refractivity contribution in [2.45, 2.75) is 38.8 Å². The summed E-state index contributed by atoms with van der Waals surface area (Å²) in [4.78, 5) is 16.3. The Morgan fingerprint density at radius 2 is 2.17 bits per heavy atom. The summed E-state index contributed by atoms with van der Waals surface area (Å²) >= 11 is 0. The van der Waals surface area contributed by atoms with Gasteiger partial charge in [-0.3, -0.25) is 0 Å². The van der Waals surface area contributed by atoms with E-state index in [1.165, 1.54) is 5.56 Å². The summed E-state index contributed by atoms with van der Waals surface area (Å²) in [6.07, 6.45) is 2.57. The van der Waals surface area contributed by atoms with Gasteiger partial charge in [-0.05, 0) is 45.3 Å². The van der Waals surface area contributed by atoms with E-state index in [1.54, 1.807) is 0 Å². The molecule has 2 rings (SSSR count). The van der Waals surface area contributed by atoms with Crippen LogP contribution in [0, 0.1) is 5.92 Å². The van der Waals surface area contributed by atoms with Crippen LogP contribution >= 0.6 is 0 Å². The molecule has 2 N–H and O–H groups in total. The first kappa shape index (κ1) is 18.7. The van der Waals surface area contributed by atoms with Gasteiger partial charge in [0, 0.05) is 32.1 Å². The summed E-state index contributed by atoms with van der Waals surface area (Å²) in [5.74, 6) is 0.210. The molecular weight excluding hydrogens is 302 g/mol. The first-order valence-electron chi connectivity index (χ1n) is 8.99. The number of likely N-dealkylation sites (tertiary alicyclic amines) is 1. The maximum atomic E-state index is 12.2. The maximum absolute atomic E-state index is 12.2. The average Bonchev–Trinajstić information content (AvgIpc) is 2.59. The molecule has 5 heteroatoms. The van der Waals surface area contributed by atoms with Crippen LogP contribution in [0.15, 0.2) is 30.3 Å². The zero-order valence-electron chi connectivity index (χ0n) is 14.9. The van der Waals surface area contributed by atoms with Crippen LogP contribution in [-0.4, -0.2) is 60.3 Å². The summed E-state index contributed by atoms with van der Waals surface area (Å²) in [5.41, 5.74) is 1.31. The molecule has 0 aliphatic carbocycles. The van der Waals surface area contributed by atoms with Crippen molar-refractivity contribution in [3.05, 3.63) is 35.9 Å². The molecule has 1 saturated heterocycles. The number of rotatable bonds is 7. The first-order chi connectivity index (χ1) is 11.6. The lowest BCUT2D eigenvalue weighted by molar-refractivity contribution is 0.0739. The number of aliphatic hydroxyl groups excluding tert-OH is 1. The van der Waals surface area contributed by atoms with Crippen LogP contribution in [0.1, 0.15) is 31.7 Å². The number of hydrogen-bond acceptors (Lipinski definition) is 3. The number of aliphatic hydroxyl groups is 1. The zero-order valence-corrected chi connectivity index (χ0v) is 14.9. The molecule has 0 bridgehead atoms. The second-order valence-corrected chi connectivity index (χ2v) is 6.90. The highest BCUT2D eigenvalue weighted by Crippen LogP contribution is 2.19. The topological polar surface area (TPSA) is 55.8 Å². The molecule has 2 unspecified atom stereocenters. The highest BCUT2D eigenvalue weighted by atomic mass is 16.3. The molecule has 2 amide bonds. The van der Waals surface area contributed by atoms with Gasteiger partial charge in [0.1, 0.15) is 0 Å². The molecule has 1 aromatic carbocycles. The Hall–Kier alpha value is -1.59. The van der Waals surface area contributed by atoms with Crippen molar-refractivity contribution in [2.75, 3.05) is 33.2 Å². The van der Waals surface area contributed by atoms with Gasteiger partial charge in [-0.15, -0.1) is 0 Å². The van der Waals surface area contributed by atoms with Gasteiger partial charge >= 0.3 is 6.03 Å². The van der Waals surface area contributed by atoms with Crippen LogP contribution in [-0.2, 0) is 6.54 Å². The molecule has 0 aromatic heterocycles. The van der Waals surface area contributed by atoms with E-state index in [-0.39, 0.29) is 18.1 Å². The lowest BCUT2D eigenvalue weighted by Crippen LogP contribution is -2.47. The monoisotopic (exact) mass is 333 g/mol. The lowest BCUT2D eigenvalue weighted by Gasteiger charge is -2.34. The van der Waals surface area contributed by atoms with E-state index in [2.05, 4.69) is 41.5 Å². The molecule has 134 valence electrons. The normalized spacial score (nSPS) is 19.3. The summed E-state index contributed by atoms with van der Waals surface area (Å²) in [6, 6.07) is 10.4. The van der Waals surface area contributed by atoms with E-state index < -0.39 is 0 Å². The Kier molecular flexibility index (Phi) is 7.53. The van der Waals surface area contributed by atoms with Crippen molar-refractivity contribution in [1.29, 1.82) is 0 Å².